The summed E-state index contributed by atoms with van der Waals surface area (Å²) < 4.78 is 7.90. The Morgan fingerprint density at radius 2 is 2.07 bits per heavy atom. The molecule has 3 heterocycles. The number of amides is 1. The summed E-state index contributed by atoms with van der Waals surface area (Å²) >= 11 is 0. The molecule has 8 nitrogen and oxygen atoms in total. The van der Waals surface area contributed by atoms with E-state index in [0.717, 1.165) is 11.1 Å². The van der Waals surface area contributed by atoms with Gasteiger partial charge in [-0.2, -0.15) is 5.10 Å². The molecule has 28 heavy (non-hydrogen) atoms. The smallest absolute Gasteiger partial charge is 0.407 e. The second-order valence-electron chi connectivity index (χ2n) is 7.46. The fraction of sp³-hybridized carbons (Fsp3) is 0.350. The molecule has 4 rings (SSSR count). The molecule has 0 spiro atoms. The summed E-state index contributed by atoms with van der Waals surface area (Å²) in [5.74, 6) is 0.462. The van der Waals surface area contributed by atoms with Crippen molar-refractivity contribution < 1.29 is 14.3 Å². The van der Waals surface area contributed by atoms with Crippen LogP contribution in [0, 0.1) is 13.8 Å². The maximum absolute atomic E-state index is 13.0. The number of carbonyl (C=O) groups is 1. The summed E-state index contributed by atoms with van der Waals surface area (Å²) in [6, 6.07) is 3.47. The molecule has 146 valence electrons. The van der Waals surface area contributed by atoms with Crippen LogP contribution in [0.2, 0.25) is 0 Å². The molecule has 0 bridgehead atoms. The zero-order chi connectivity index (χ0) is 20.2. The summed E-state index contributed by atoms with van der Waals surface area (Å²) in [6.45, 7) is 6.31. The van der Waals surface area contributed by atoms with E-state index in [1.807, 2.05) is 26.0 Å². The highest BCUT2D eigenvalue weighted by atomic mass is 16.4. The summed E-state index contributed by atoms with van der Waals surface area (Å²) in [5.41, 5.74) is 9.45. The van der Waals surface area contributed by atoms with Gasteiger partial charge >= 0.3 is 6.09 Å². The highest BCUT2D eigenvalue weighted by Crippen LogP contribution is 2.31. The van der Waals surface area contributed by atoms with Crippen LogP contribution in [0.4, 0.5) is 4.79 Å². The maximum Gasteiger partial charge on any atom is 0.407 e. The van der Waals surface area contributed by atoms with Gasteiger partial charge in [-0.3, -0.25) is 9.48 Å². The first-order valence-corrected chi connectivity index (χ1v) is 9.12. The summed E-state index contributed by atoms with van der Waals surface area (Å²) in [5, 5.41) is 13.8. The van der Waals surface area contributed by atoms with Gasteiger partial charge in [0.15, 0.2) is 5.43 Å². The van der Waals surface area contributed by atoms with E-state index in [1.165, 1.54) is 4.90 Å². The minimum absolute atomic E-state index is 0.0143. The number of nitrogens with two attached hydrogens (primary N) is 1. The number of benzene rings is 1. The van der Waals surface area contributed by atoms with Gasteiger partial charge in [0.25, 0.3) is 0 Å². The summed E-state index contributed by atoms with van der Waals surface area (Å²) in [4.78, 5) is 25.2. The Kier molecular flexibility index (Phi) is 4.23. The number of rotatable bonds is 3. The number of nitrogens with zero attached hydrogens (tertiary/aromatic N) is 3. The van der Waals surface area contributed by atoms with Gasteiger partial charge < -0.3 is 20.2 Å². The van der Waals surface area contributed by atoms with Crippen LogP contribution in [0.5, 0.6) is 0 Å². The van der Waals surface area contributed by atoms with Gasteiger partial charge in [-0.25, -0.2) is 4.79 Å². The van der Waals surface area contributed by atoms with Crippen LogP contribution in [0.25, 0.3) is 22.3 Å². The molecule has 1 amide bonds. The molecule has 2 aromatic heterocycles. The first-order valence-electron chi connectivity index (χ1n) is 9.12. The van der Waals surface area contributed by atoms with Gasteiger partial charge in [-0.1, -0.05) is 6.07 Å². The molecular weight excluding hydrogens is 360 g/mol. The second-order valence-corrected chi connectivity index (χ2v) is 7.46. The highest BCUT2D eigenvalue weighted by molar-refractivity contribution is 5.84. The monoisotopic (exact) mass is 382 g/mol. The van der Waals surface area contributed by atoms with Crippen LogP contribution in [0.1, 0.15) is 35.7 Å². The Labute approximate surface area is 161 Å². The molecule has 1 saturated heterocycles. The molecule has 1 aliphatic rings. The summed E-state index contributed by atoms with van der Waals surface area (Å²) in [7, 11) is 0. The molecule has 0 aliphatic carbocycles. The van der Waals surface area contributed by atoms with E-state index in [9.17, 15) is 9.59 Å². The lowest BCUT2D eigenvalue weighted by Crippen LogP contribution is -2.50. The summed E-state index contributed by atoms with van der Waals surface area (Å²) in [6.07, 6.45) is 2.50. The molecule has 1 aromatic carbocycles. The number of carboxylic acid groups (broad SMARTS) is 1. The van der Waals surface area contributed by atoms with Crippen LogP contribution in [0.3, 0.4) is 0 Å². The first-order chi connectivity index (χ1) is 13.3. The largest absolute Gasteiger partial charge is 0.465 e. The predicted molar refractivity (Wildman–Crippen MR) is 104 cm³/mol. The number of hydrogen-bond acceptors (Lipinski definition) is 5. The van der Waals surface area contributed by atoms with Crippen molar-refractivity contribution in [1.29, 1.82) is 0 Å². The molecular formula is C20H22N4O4. The van der Waals surface area contributed by atoms with Crippen LogP contribution in [0.15, 0.2) is 33.7 Å². The Hall–Kier alpha value is -3.13. The van der Waals surface area contributed by atoms with Crippen LogP contribution < -0.4 is 11.2 Å². The van der Waals surface area contributed by atoms with Crippen molar-refractivity contribution in [3.05, 3.63) is 51.4 Å². The second kappa shape index (κ2) is 6.49. The van der Waals surface area contributed by atoms with Gasteiger partial charge in [0.1, 0.15) is 11.3 Å². The zero-order valence-corrected chi connectivity index (χ0v) is 16.0. The molecule has 0 unspecified atom stereocenters. The Morgan fingerprint density at radius 3 is 2.71 bits per heavy atom. The average Bonchev–Trinajstić information content (AvgIpc) is 3.05. The van der Waals surface area contributed by atoms with Crippen molar-refractivity contribution in [2.45, 2.75) is 32.9 Å². The highest BCUT2D eigenvalue weighted by Gasteiger charge is 2.32. The third kappa shape index (κ3) is 2.86. The van der Waals surface area contributed by atoms with Gasteiger partial charge in [0.2, 0.25) is 0 Å². The lowest BCUT2D eigenvalue weighted by molar-refractivity contribution is 0.0812. The molecule has 3 N–H and O–H groups in total. The zero-order valence-electron chi connectivity index (χ0n) is 16.0. The number of aromatic nitrogens is 2. The van der Waals surface area contributed by atoms with Crippen LogP contribution >= 0.6 is 0 Å². The van der Waals surface area contributed by atoms with Crippen LogP contribution in [-0.4, -0.2) is 39.0 Å². The Bertz CT molecular complexity index is 1140. The molecule has 3 aromatic rings. The molecule has 1 aliphatic heterocycles. The van der Waals surface area contributed by atoms with Crippen LogP contribution in [-0.2, 0) is 0 Å². The third-order valence-electron chi connectivity index (χ3n) is 5.25. The van der Waals surface area contributed by atoms with Crippen molar-refractivity contribution in [2.24, 2.45) is 5.73 Å². The lowest BCUT2D eigenvalue weighted by Gasteiger charge is -2.36. The quantitative estimate of drug-likeness (QED) is 0.720. The van der Waals surface area contributed by atoms with Crippen molar-refractivity contribution in [3.63, 3.8) is 0 Å². The van der Waals surface area contributed by atoms with Gasteiger partial charge in [-0.15, -0.1) is 0 Å². The van der Waals surface area contributed by atoms with E-state index in [4.69, 9.17) is 15.3 Å². The molecule has 1 atom stereocenters. The minimum Gasteiger partial charge on any atom is -0.465 e. The van der Waals surface area contributed by atoms with E-state index in [2.05, 4.69) is 5.10 Å². The van der Waals surface area contributed by atoms with Crippen molar-refractivity contribution in [3.8, 4) is 11.3 Å². The maximum atomic E-state index is 13.0. The topological polar surface area (TPSA) is 115 Å². The minimum atomic E-state index is -0.932. The lowest BCUT2D eigenvalue weighted by atomic mass is 10.00. The standard InChI is InChI=1S/C20H22N4O4/c1-10-4-15(12(3)21)19-16(5-10)17(25)11(2)18(28-19)13-6-22-24(7-13)14-8-23(9-14)20(26)27/h4-7,12,14H,8-9,21H2,1-3H3,(H,26,27)/t12-/m1/s1. The van der Waals surface area contributed by atoms with Gasteiger partial charge in [0, 0.05) is 36.5 Å². The number of hydrogen-bond donors (Lipinski definition) is 2. The Balaban J connectivity index is 1.79. The van der Waals surface area contributed by atoms with E-state index in [0.29, 0.717) is 40.9 Å². The first kappa shape index (κ1) is 18.2. The fourth-order valence-electron chi connectivity index (χ4n) is 3.61. The third-order valence-corrected chi connectivity index (χ3v) is 5.25. The molecule has 1 fully saturated rings. The molecule has 0 radical (unpaired) electrons. The normalized spacial score (nSPS) is 15.6. The van der Waals surface area contributed by atoms with Gasteiger partial charge in [-0.05, 0) is 32.4 Å². The predicted octanol–water partition coefficient (Wildman–Crippen LogP) is 2.83. The van der Waals surface area contributed by atoms with E-state index in [1.54, 1.807) is 24.0 Å². The van der Waals surface area contributed by atoms with E-state index < -0.39 is 6.09 Å². The van der Waals surface area contributed by atoms with Crippen molar-refractivity contribution in [1.82, 2.24) is 14.7 Å². The number of aryl methyl sites for hydroxylation is 1. The average molecular weight is 382 g/mol. The van der Waals surface area contributed by atoms with E-state index >= 15 is 0 Å². The number of fused-ring (bicyclic) bond motifs is 1. The Morgan fingerprint density at radius 1 is 1.36 bits per heavy atom. The van der Waals surface area contributed by atoms with E-state index in [-0.39, 0.29) is 17.5 Å². The SMILES string of the molecule is Cc1cc([C@@H](C)N)c2oc(-c3cnn(C4CN(C(=O)O)C4)c3)c(C)c(=O)c2c1. The molecule has 8 heteroatoms. The molecule has 0 saturated carbocycles. The fourth-order valence-corrected chi connectivity index (χ4v) is 3.61. The van der Waals surface area contributed by atoms with Crippen molar-refractivity contribution >= 4 is 17.1 Å². The van der Waals surface area contributed by atoms with Gasteiger partial charge in [0.05, 0.1) is 23.2 Å². The number of likely N-dealkylation sites (tertiary alicyclic amines) is 1. The van der Waals surface area contributed by atoms with Crippen molar-refractivity contribution in [2.75, 3.05) is 13.1 Å².